The third-order valence-corrected chi connectivity index (χ3v) is 7.90. The van der Waals surface area contributed by atoms with Crippen LogP contribution in [-0.4, -0.2) is 106 Å². The normalized spacial score (nSPS) is 16.8. The number of carbonyl (C=O) groups excluding carboxylic acids is 2. The number of aromatic nitrogens is 2. The third-order valence-electron chi connectivity index (χ3n) is 7.90. The van der Waals surface area contributed by atoms with Crippen LogP contribution in [0.25, 0.3) is 16.6 Å². The number of rotatable bonds is 6. The highest BCUT2D eigenvalue weighted by Crippen LogP contribution is 2.32. The van der Waals surface area contributed by atoms with E-state index < -0.39 is 31.0 Å². The van der Waals surface area contributed by atoms with Gasteiger partial charge in [0.2, 0.25) is 0 Å². The lowest BCUT2D eigenvalue weighted by Crippen LogP contribution is -2.50. The summed E-state index contributed by atoms with van der Waals surface area (Å²) in [4.78, 5) is 30.4. The number of aliphatic hydroxyl groups excluding tert-OH is 2. The molecular weight excluding hydrogens is 538 g/mol. The molecule has 0 spiro atoms. The number of fused-ring (bicyclic) bond motifs is 1. The molecule has 11 nitrogen and oxygen atoms in total. The number of hydrogen-bond acceptors (Lipinski definition) is 8. The van der Waals surface area contributed by atoms with Gasteiger partial charge in [-0.05, 0) is 62.8 Å². The van der Waals surface area contributed by atoms with E-state index in [9.17, 15) is 19.8 Å². The highest BCUT2D eigenvalue weighted by molar-refractivity contribution is 5.80. The summed E-state index contributed by atoms with van der Waals surface area (Å²) in [5, 5.41) is 22.9. The Morgan fingerprint density at radius 1 is 0.905 bits per heavy atom. The average Bonchev–Trinajstić information content (AvgIpc) is 3.44. The number of aliphatic hydroxyl groups is 2. The first-order valence-corrected chi connectivity index (χ1v) is 14.6. The molecular formula is C31H41N5O6. The summed E-state index contributed by atoms with van der Waals surface area (Å²) in [6, 6.07) is 12.8. The van der Waals surface area contributed by atoms with Crippen LogP contribution in [-0.2, 0) is 9.47 Å². The van der Waals surface area contributed by atoms with Crippen molar-refractivity contribution in [1.29, 1.82) is 0 Å². The molecule has 11 heteroatoms. The van der Waals surface area contributed by atoms with Crippen LogP contribution in [0.4, 0.5) is 15.3 Å². The Balaban J connectivity index is 1.21. The highest BCUT2D eigenvalue weighted by Gasteiger charge is 2.28. The second-order valence-electron chi connectivity index (χ2n) is 12.0. The van der Waals surface area contributed by atoms with Crippen LogP contribution in [0, 0.1) is 0 Å². The summed E-state index contributed by atoms with van der Waals surface area (Å²) in [6.45, 7) is 8.44. The Morgan fingerprint density at radius 3 is 2.17 bits per heavy atom. The van der Waals surface area contributed by atoms with Crippen molar-refractivity contribution in [3.8, 4) is 11.1 Å². The zero-order chi connectivity index (χ0) is 29.9. The quantitative estimate of drug-likeness (QED) is 0.454. The topological polar surface area (TPSA) is 120 Å². The lowest BCUT2D eigenvalue weighted by atomic mass is 9.89. The van der Waals surface area contributed by atoms with Crippen molar-refractivity contribution in [2.24, 2.45) is 0 Å². The molecule has 0 radical (unpaired) electrons. The molecule has 4 heterocycles. The van der Waals surface area contributed by atoms with Gasteiger partial charge < -0.3 is 34.4 Å². The molecule has 2 amide bonds. The van der Waals surface area contributed by atoms with E-state index in [-0.39, 0.29) is 6.09 Å². The van der Waals surface area contributed by atoms with Gasteiger partial charge in [-0.1, -0.05) is 24.3 Å². The van der Waals surface area contributed by atoms with Gasteiger partial charge in [0.15, 0.2) is 0 Å². The molecule has 0 saturated carbocycles. The average molecular weight is 580 g/mol. The van der Waals surface area contributed by atoms with Crippen LogP contribution in [0.3, 0.4) is 0 Å². The number of piperidine rings is 1. The van der Waals surface area contributed by atoms with Gasteiger partial charge in [-0.3, -0.25) is 0 Å². The van der Waals surface area contributed by atoms with Crippen molar-refractivity contribution in [1.82, 2.24) is 19.4 Å². The van der Waals surface area contributed by atoms with Crippen molar-refractivity contribution in [3.05, 3.63) is 54.4 Å². The summed E-state index contributed by atoms with van der Waals surface area (Å²) in [5.74, 6) is 0.410. The number of carbonyl (C=O) groups is 2. The Labute approximate surface area is 246 Å². The molecule has 1 aromatic carbocycles. The molecule has 2 aliphatic heterocycles. The number of benzene rings is 1. The molecule has 2 N–H and O–H groups in total. The Kier molecular flexibility index (Phi) is 8.88. The van der Waals surface area contributed by atoms with Gasteiger partial charge >= 0.3 is 12.2 Å². The number of piperazine rings is 1. The standard InChI is InChI=1S/C31H41N5O6/c1-31(2,3)42-30(40)34-12-9-24(10-13-34)22-4-6-23(7-5-22)25-18-28-27(8-11-32-36(28)19-25)33-14-16-35(17-15-33)29(39)41-26(20-37)21-38/h4-8,11,18-19,24,26,37-38H,9-10,12-17,20-21H2,1-3H3. The third kappa shape index (κ3) is 6.79. The molecule has 2 saturated heterocycles. The minimum atomic E-state index is -0.902. The van der Waals surface area contributed by atoms with Gasteiger partial charge in [0.25, 0.3) is 0 Å². The van der Waals surface area contributed by atoms with Crippen molar-refractivity contribution in [3.63, 3.8) is 0 Å². The number of anilines is 1. The van der Waals surface area contributed by atoms with Crippen LogP contribution in [0.15, 0.2) is 48.8 Å². The largest absolute Gasteiger partial charge is 0.444 e. The van der Waals surface area contributed by atoms with Gasteiger partial charge in [-0.2, -0.15) is 5.10 Å². The summed E-state index contributed by atoms with van der Waals surface area (Å²) in [6.07, 6.45) is 3.98. The second kappa shape index (κ2) is 12.6. The van der Waals surface area contributed by atoms with Gasteiger partial charge in [0.05, 0.1) is 24.4 Å². The molecule has 0 aliphatic carbocycles. The molecule has 42 heavy (non-hydrogen) atoms. The van der Waals surface area contributed by atoms with E-state index in [1.807, 2.05) is 42.4 Å². The molecule has 0 unspecified atom stereocenters. The predicted octanol–water partition coefficient (Wildman–Crippen LogP) is 3.73. The number of nitrogens with zero attached hydrogens (tertiary/aromatic N) is 5. The summed E-state index contributed by atoms with van der Waals surface area (Å²) < 4.78 is 12.6. The molecule has 2 aliphatic rings. The number of likely N-dealkylation sites (tertiary alicyclic amines) is 1. The molecule has 0 atom stereocenters. The first-order valence-electron chi connectivity index (χ1n) is 14.6. The lowest BCUT2D eigenvalue weighted by molar-refractivity contribution is 0.00415. The monoisotopic (exact) mass is 579 g/mol. The Hall–Kier alpha value is -3.83. The van der Waals surface area contributed by atoms with Crippen molar-refractivity contribution >= 4 is 23.4 Å². The SMILES string of the molecule is CC(C)(C)OC(=O)N1CCC(c2ccc(-c3cc4c(N5CCN(C(=O)OC(CO)CO)CC5)ccnn4c3)cc2)CC1. The van der Waals surface area contributed by atoms with Crippen LogP contribution in [0.5, 0.6) is 0 Å². The minimum Gasteiger partial charge on any atom is -0.444 e. The molecule has 3 aromatic rings. The van der Waals surface area contributed by atoms with Crippen LogP contribution in [0.1, 0.15) is 45.1 Å². The molecule has 2 fully saturated rings. The summed E-state index contributed by atoms with van der Waals surface area (Å²) in [7, 11) is 0. The first kappa shape index (κ1) is 29.7. The summed E-state index contributed by atoms with van der Waals surface area (Å²) >= 11 is 0. The molecule has 0 bridgehead atoms. The van der Waals surface area contributed by atoms with E-state index in [4.69, 9.17) is 9.47 Å². The fourth-order valence-corrected chi connectivity index (χ4v) is 5.57. The van der Waals surface area contributed by atoms with Crippen molar-refractivity contribution in [2.45, 2.75) is 51.2 Å². The maximum atomic E-state index is 12.4. The van der Waals surface area contributed by atoms with E-state index in [2.05, 4.69) is 40.3 Å². The van der Waals surface area contributed by atoms with Crippen molar-refractivity contribution in [2.75, 3.05) is 57.4 Å². The van der Waals surface area contributed by atoms with Gasteiger partial charge in [-0.25, -0.2) is 14.1 Å². The zero-order valence-corrected chi connectivity index (χ0v) is 24.6. The Bertz CT molecular complexity index is 1360. The van der Waals surface area contributed by atoms with E-state index in [0.717, 1.165) is 35.2 Å². The van der Waals surface area contributed by atoms with E-state index in [0.29, 0.717) is 45.2 Å². The van der Waals surface area contributed by atoms with Crippen molar-refractivity contribution < 1.29 is 29.3 Å². The highest BCUT2D eigenvalue weighted by atomic mass is 16.6. The van der Waals surface area contributed by atoms with E-state index >= 15 is 0 Å². The zero-order valence-electron chi connectivity index (χ0n) is 24.6. The van der Waals surface area contributed by atoms with Crippen LogP contribution >= 0.6 is 0 Å². The molecule has 2 aromatic heterocycles. The fraction of sp³-hybridized carbons (Fsp3) is 0.516. The minimum absolute atomic E-state index is 0.233. The van der Waals surface area contributed by atoms with Gasteiger partial charge in [0, 0.05) is 57.2 Å². The first-order chi connectivity index (χ1) is 20.1. The predicted molar refractivity (Wildman–Crippen MR) is 159 cm³/mol. The lowest BCUT2D eigenvalue weighted by Gasteiger charge is -2.36. The second-order valence-corrected chi connectivity index (χ2v) is 12.0. The smallest absolute Gasteiger partial charge is 0.410 e. The number of hydrogen-bond donors (Lipinski definition) is 2. The fourth-order valence-electron chi connectivity index (χ4n) is 5.57. The molecule has 5 rings (SSSR count). The Morgan fingerprint density at radius 2 is 1.55 bits per heavy atom. The molecule has 226 valence electrons. The number of ether oxygens (including phenoxy) is 2. The number of amides is 2. The van der Waals surface area contributed by atoms with E-state index in [1.165, 1.54) is 5.56 Å². The van der Waals surface area contributed by atoms with Gasteiger partial charge in [0.1, 0.15) is 11.7 Å². The maximum absolute atomic E-state index is 12.4. The van der Waals surface area contributed by atoms with Gasteiger partial charge in [-0.15, -0.1) is 0 Å². The maximum Gasteiger partial charge on any atom is 0.410 e. The van der Waals surface area contributed by atoms with E-state index in [1.54, 1.807) is 11.1 Å². The van der Waals surface area contributed by atoms with Crippen LogP contribution in [0.2, 0.25) is 0 Å². The summed E-state index contributed by atoms with van der Waals surface area (Å²) in [5.41, 5.74) is 5.01. The van der Waals surface area contributed by atoms with Crippen LogP contribution < -0.4 is 4.90 Å².